The Labute approximate surface area is 157 Å². The SMILES string of the molecule is COc1ccc(N2C(=O)[C@H](C=N[C@H]3CCCC[C@H]3[NH3+])C(=O)NC2=S)cc1. The van der Waals surface area contributed by atoms with Crippen LogP contribution in [0.1, 0.15) is 25.7 Å². The second-order valence-electron chi connectivity index (χ2n) is 6.55. The molecule has 0 bridgehead atoms. The van der Waals surface area contributed by atoms with Crippen molar-refractivity contribution in [3.05, 3.63) is 24.3 Å². The Kier molecular flexibility index (Phi) is 5.63. The standard InChI is InChI=1S/C18H22N4O3S/c1-25-12-8-6-11(7-9-12)22-17(24)13(16(23)21-18(22)26)10-20-15-5-3-2-4-14(15)19/h6-10,13-15H,2-5,19H2,1H3,(H,21,23,26)/p+1/t13-,14-,15+/m1/s1. The molecule has 7 nitrogen and oxygen atoms in total. The topological polar surface area (TPSA) is 98.6 Å². The van der Waals surface area contributed by atoms with Crippen LogP contribution < -0.4 is 20.7 Å². The molecule has 0 aromatic heterocycles. The minimum absolute atomic E-state index is 0.0627. The van der Waals surface area contributed by atoms with E-state index in [1.54, 1.807) is 31.4 Å². The van der Waals surface area contributed by atoms with Gasteiger partial charge in [0.1, 0.15) is 17.8 Å². The summed E-state index contributed by atoms with van der Waals surface area (Å²) >= 11 is 5.19. The third-order valence-corrected chi connectivity index (χ3v) is 5.11. The molecule has 1 saturated carbocycles. The van der Waals surface area contributed by atoms with Gasteiger partial charge in [0.05, 0.1) is 12.8 Å². The smallest absolute Gasteiger partial charge is 0.251 e. The Morgan fingerprint density at radius 2 is 1.96 bits per heavy atom. The van der Waals surface area contributed by atoms with Gasteiger partial charge in [-0.05, 0) is 49.3 Å². The maximum atomic E-state index is 12.9. The summed E-state index contributed by atoms with van der Waals surface area (Å²) in [7, 11) is 1.57. The summed E-state index contributed by atoms with van der Waals surface area (Å²) in [5.41, 5.74) is 4.71. The van der Waals surface area contributed by atoms with Crippen LogP contribution in [0.4, 0.5) is 5.69 Å². The number of nitrogens with one attached hydrogen (secondary N) is 1. The second kappa shape index (κ2) is 7.92. The maximum absolute atomic E-state index is 12.9. The van der Waals surface area contributed by atoms with Crippen molar-refractivity contribution in [2.75, 3.05) is 12.0 Å². The van der Waals surface area contributed by atoms with Crippen molar-refractivity contribution in [2.24, 2.45) is 10.9 Å². The van der Waals surface area contributed by atoms with E-state index in [1.165, 1.54) is 11.1 Å². The van der Waals surface area contributed by atoms with Gasteiger partial charge in [0, 0.05) is 12.6 Å². The highest BCUT2D eigenvalue weighted by Crippen LogP contribution is 2.24. The fourth-order valence-corrected chi connectivity index (χ4v) is 3.57. The van der Waals surface area contributed by atoms with Gasteiger partial charge in [-0.25, -0.2) is 0 Å². The lowest BCUT2D eigenvalue weighted by molar-refractivity contribution is -0.428. The number of rotatable bonds is 4. The molecule has 3 rings (SSSR count). The number of hydrogen-bond acceptors (Lipinski definition) is 5. The summed E-state index contributed by atoms with van der Waals surface area (Å²) in [6.45, 7) is 0. The highest BCUT2D eigenvalue weighted by atomic mass is 32.1. The molecule has 0 unspecified atom stereocenters. The molecular formula is C18H23N4O3S+. The summed E-state index contributed by atoms with van der Waals surface area (Å²) in [6, 6.07) is 7.21. The molecule has 1 saturated heterocycles. The van der Waals surface area contributed by atoms with Crippen molar-refractivity contribution in [3.8, 4) is 5.75 Å². The first kappa shape index (κ1) is 18.5. The van der Waals surface area contributed by atoms with Crippen LogP contribution in [0.15, 0.2) is 29.3 Å². The average Bonchev–Trinajstić information content (AvgIpc) is 2.63. The van der Waals surface area contributed by atoms with Crippen molar-refractivity contribution in [2.45, 2.75) is 37.8 Å². The molecule has 2 amide bonds. The van der Waals surface area contributed by atoms with Gasteiger partial charge in [0.15, 0.2) is 11.0 Å². The normalized spacial score (nSPS) is 26.9. The van der Waals surface area contributed by atoms with Crippen molar-refractivity contribution in [1.29, 1.82) is 0 Å². The van der Waals surface area contributed by atoms with Gasteiger partial charge in [-0.15, -0.1) is 0 Å². The van der Waals surface area contributed by atoms with Crippen LogP contribution in [0.5, 0.6) is 5.75 Å². The number of thiocarbonyl (C=S) groups is 1. The van der Waals surface area contributed by atoms with E-state index in [1.807, 2.05) is 0 Å². The van der Waals surface area contributed by atoms with Crippen molar-refractivity contribution in [1.82, 2.24) is 5.32 Å². The molecule has 1 aromatic carbocycles. The first-order valence-electron chi connectivity index (χ1n) is 8.70. The monoisotopic (exact) mass is 375 g/mol. The minimum Gasteiger partial charge on any atom is -0.497 e. The van der Waals surface area contributed by atoms with Crippen LogP contribution in [0.25, 0.3) is 0 Å². The van der Waals surface area contributed by atoms with Crippen molar-refractivity contribution >= 4 is 41.0 Å². The molecule has 3 atom stereocenters. The Hall–Kier alpha value is -2.32. The van der Waals surface area contributed by atoms with Gasteiger partial charge in [-0.2, -0.15) is 0 Å². The number of nitrogens with zero attached hydrogens (tertiary/aromatic N) is 2. The van der Waals surface area contributed by atoms with Crippen LogP contribution in [-0.2, 0) is 9.59 Å². The zero-order chi connectivity index (χ0) is 18.7. The highest BCUT2D eigenvalue weighted by molar-refractivity contribution is 7.80. The Balaban J connectivity index is 1.80. The molecule has 1 aromatic rings. The predicted octanol–water partition coefficient (Wildman–Crippen LogP) is 0.683. The van der Waals surface area contributed by atoms with Gasteiger partial charge >= 0.3 is 0 Å². The fraction of sp³-hybridized carbons (Fsp3) is 0.444. The van der Waals surface area contributed by atoms with Gasteiger partial charge in [0.25, 0.3) is 5.91 Å². The molecule has 1 heterocycles. The summed E-state index contributed by atoms with van der Waals surface area (Å²) < 4.78 is 5.13. The molecule has 0 spiro atoms. The van der Waals surface area contributed by atoms with E-state index in [2.05, 4.69) is 16.0 Å². The lowest BCUT2D eigenvalue weighted by Crippen LogP contribution is -2.66. The number of anilines is 1. The summed E-state index contributed by atoms with van der Waals surface area (Å²) in [5.74, 6) is -1.16. The van der Waals surface area contributed by atoms with Gasteiger partial charge in [-0.3, -0.25) is 19.5 Å². The Morgan fingerprint density at radius 3 is 2.62 bits per heavy atom. The zero-order valence-corrected chi connectivity index (χ0v) is 15.5. The van der Waals surface area contributed by atoms with Crippen LogP contribution in [0, 0.1) is 5.92 Å². The second-order valence-corrected chi connectivity index (χ2v) is 6.94. The first-order valence-corrected chi connectivity index (χ1v) is 9.11. The molecule has 1 aliphatic carbocycles. The number of ether oxygens (including phenoxy) is 1. The van der Waals surface area contributed by atoms with E-state index in [0.717, 1.165) is 25.7 Å². The summed E-state index contributed by atoms with van der Waals surface area (Å²) in [4.78, 5) is 31.0. The number of amides is 2. The molecular weight excluding hydrogens is 352 g/mol. The summed E-state index contributed by atoms with van der Waals surface area (Å²) in [6.07, 6.45) is 5.68. The quantitative estimate of drug-likeness (QED) is 0.459. The molecule has 2 fully saturated rings. The first-order chi connectivity index (χ1) is 12.5. The van der Waals surface area contributed by atoms with Crippen molar-refractivity contribution < 1.29 is 20.1 Å². The Morgan fingerprint density at radius 1 is 1.27 bits per heavy atom. The lowest BCUT2D eigenvalue weighted by Gasteiger charge is -2.31. The van der Waals surface area contributed by atoms with Gasteiger partial charge in [-0.1, -0.05) is 6.42 Å². The number of methoxy groups -OCH3 is 1. The fourth-order valence-electron chi connectivity index (χ4n) is 3.28. The van der Waals surface area contributed by atoms with E-state index in [9.17, 15) is 9.59 Å². The number of carbonyl (C=O) groups is 2. The number of hydrogen-bond donors (Lipinski definition) is 2. The maximum Gasteiger partial charge on any atom is 0.251 e. The molecule has 4 N–H and O–H groups in total. The largest absolute Gasteiger partial charge is 0.497 e. The van der Waals surface area contributed by atoms with Crippen LogP contribution in [-0.4, -0.2) is 42.3 Å². The number of benzene rings is 1. The number of carbonyl (C=O) groups excluding carboxylic acids is 2. The van der Waals surface area contributed by atoms with E-state index >= 15 is 0 Å². The third-order valence-electron chi connectivity index (χ3n) is 4.83. The number of quaternary nitrogens is 1. The van der Waals surface area contributed by atoms with Gasteiger partial charge < -0.3 is 15.8 Å². The van der Waals surface area contributed by atoms with Crippen LogP contribution >= 0.6 is 12.2 Å². The lowest BCUT2D eigenvalue weighted by atomic mass is 9.91. The molecule has 0 radical (unpaired) electrons. The van der Waals surface area contributed by atoms with Crippen molar-refractivity contribution in [3.63, 3.8) is 0 Å². The van der Waals surface area contributed by atoms with E-state index in [-0.39, 0.29) is 17.2 Å². The highest BCUT2D eigenvalue weighted by Gasteiger charge is 2.38. The predicted molar refractivity (Wildman–Crippen MR) is 102 cm³/mol. The van der Waals surface area contributed by atoms with E-state index in [4.69, 9.17) is 17.0 Å². The minimum atomic E-state index is -0.988. The average molecular weight is 375 g/mol. The Bertz CT molecular complexity index is 734. The zero-order valence-electron chi connectivity index (χ0n) is 14.7. The van der Waals surface area contributed by atoms with Gasteiger partial charge in [0.2, 0.25) is 5.91 Å². The van der Waals surface area contributed by atoms with Crippen LogP contribution in [0.3, 0.4) is 0 Å². The van der Waals surface area contributed by atoms with E-state index < -0.39 is 17.7 Å². The summed E-state index contributed by atoms with van der Waals surface area (Å²) in [5, 5.41) is 2.67. The molecule has 138 valence electrons. The molecule has 8 heteroatoms. The molecule has 26 heavy (non-hydrogen) atoms. The molecule has 2 aliphatic rings. The van der Waals surface area contributed by atoms with E-state index in [0.29, 0.717) is 11.4 Å². The molecule has 1 aliphatic heterocycles. The third kappa shape index (κ3) is 3.76. The number of aliphatic imine (C=N–C) groups is 1. The van der Waals surface area contributed by atoms with Crippen LogP contribution in [0.2, 0.25) is 0 Å².